The highest BCUT2D eigenvalue weighted by atomic mass is 16.6. The van der Waals surface area contributed by atoms with Gasteiger partial charge in [-0.05, 0) is 23.8 Å². The van der Waals surface area contributed by atoms with Gasteiger partial charge in [0.15, 0.2) is 11.9 Å². The fraction of sp³-hybridized carbons (Fsp3) is 0.174. The van der Waals surface area contributed by atoms with Crippen LogP contribution in [0.1, 0.15) is 27.6 Å². The van der Waals surface area contributed by atoms with Gasteiger partial charge in [-0.2, -0.15) is 0 Å². The van der Waals surface area contributed by atoms with E-state index in [1.54, 1.807) is 13.2 Å². The predicted octanol–water partition coefficient (Wildman–Crippen LogP) is 4.60. The summed E-state index contributed by atoms with van der Waals surface area (Å²) in [6.07, 6.45) is -0.793. The Bertz CT molecular complexity index is 936. The van der Waals surface area contributed by atoms with Crippen LogP contribution < -0.4 is 9.47 Å². The van der Waals surface area contributed by atoms with Crippen molar-refractivity contribution in [3.63, 3.8) is 0 Å². The van der Waals surface area contributed by atoms with Crippen molar-refractivity contribution in [1.29, 1.82) is 0 Å². The molecule has 1 heterocycles. The standard InChI is InChI=1S/C23H20O4/c1-25-19-13-7-6-12-18(19)22-23(27-22)21(24)17-11-5-8-14-20(17)26-15-16-9-3-2-4-10-16/h2-14,22-23H,15H2,1H3/t22-,23+/m1/s1. The summed E-state index contributed by atoms with van der Waals surface area (Å²) in [4.78, 5) is 13.0. The fourth-order valence-electron chi connectivity index (χ4n) is 3.13. The summed E-state index contributed by atoms with van der Waals surface area (Å²) in [6.45, 7) is 0.409. The first kappa shape index (κ1) is 17.3. The molecule has 136 valence electrons. The molecule has 0 bridgehead atoms. The van der Waals surface area contributed by atoms with Crippen molar-refractivity contribution in [2.45, 2.75) is 18.8 Å². The van der Waals surface area contributed by atoms with Crippen LogP contribution in [0.25, 0.3) is 0 Å². The van der Waals surface area contributed by atoms with Crippen LogP contribution >= 0.6 is 0 Å². The Balaban J connectivity index is 1.50. The maximum absolute atomic E-state index is 13.0. The average Bonchev–Trinajstić information content (AvgIpc) is 3.53. The van der Waals surface area contributed by atoms with Crippen LogP contribution in [0, 0.1) is 0 Å². The molecule has 4 heteroatoms. The van der Waals surface area contributed by atoms with Crippen LogP contribution in [0.5, 0.6) is 11.5 Å². The van der Waals surface area contributed by atoms with Gasteiger partial charge in [-0.15, -0.1) is 0 Å². The van der Waals surface area contributed by atoms with E-state index in [9.17, 15) is 4.79 Å². The van der Waals surface area contributed by atoms with Crippen molar-refractivity contribution in [2.75, 3.05) is 7.11 Å². The maximum atomic E-state index is 13.0. The first-order valence-corrected chi connectivity index (χ1v) is 8.86. The lowest BCUT2D eigenvalue weighted by atomic mass is 10.0. The predicted molar refractivity (Wildman–Crippen MR) is 102 cm³/mol. The molecule has 4 rings (SSSR count). The van der Waals surface area contributed by atoms with Crippen LogP contribution in [0.15, 0.2) is 78.9 Å². The smallest absolute Gasteiger partial charge is 0.198 e. The van der Waals surface area contributed by atoms with Gasteiger partial charge in [0.2, 0.25) is 0 Å². The number of methoxy groups -OCH3 is 1. The second kappa shape index (κ2) is 7.64. The second-order valence-electron chi connectivity index (χ2n) is 6.35. The molecule has 1 fully saturated rings. The number of para-hydroxylation sites is 2. The Hall–Kier alpha value is -3.11. The summed E-state index contributed by atoms with van der Waals surface area (Å²) in [5.74, 6) is 1.22. The van der Waals surface area contributed by atoms with E-state index in [1.807, 2.05) is 72.8 Å². The first-order chi connectivity index (χ1) is 13.3. The highest BCUT2D eigenvalue weighted by molar-refractivity contribution is 6.03. The molecule has 0 spiro atoms. The van der Waals surface area contributed by atoms with Gasteiger partial charge in [0, 0.05) is 5.56 Å². The van der Waals surface area contributed by atoms with Crippen LogP contribution in [0.4, 0.5) is 0 Å². The Morgan fingerprint density at radius 3 is 2.33 bits per heavy atom. The van der Waals surface area contributed by atoms with E-state index in [2.05, 4.69) is 0 Å². The third kappa shape index (κ3) is 3.71. The molecule has 0 saturated carbocycles. The summed E-state index contributed by atoms with van der Waals surface area (Å²) >= 11 is 0. The molecular weight excluding hydrogens is 340 g/mol. The zero-order chi connectivity index (χ0) is 18.6. The molecule has 0 aromatic heterocycles. The monoisotopic (exact) mass is 360 g/mol. The molecule has 1 aliphatic rings. The number of rotatable bonds is 7. The minimum Gasteiger partial charge on any atom is -0.496 e. The van der Waals surface area contributed by atoms with Crippen molar-refractivity contribution in [2.24, 2.45) is 0 Å². The van der Waals surface area contributed by atoms with Crippen molar-refractivity contribution in [3.05, 3.63) is 95.6 Å². The molecule has 1 aliphatic heterocycles. The third-order valence-electron chi connectivity index (χ3n) is 4.59. The molecule has 0 unspecified atom stereocenters. The molecule has 1 saturated heterocycles. The molecule has 4 nitrogen and oxygen atoms in total. The molecule has 0 radical (unpaired) electrons. The van der Waals surface area contributed by atoms with E-state index in [4.69, 9.17) is 14.2 Å². The van der Waals surface area contributed by atoms with Crippen molar-refractivity contribution in [3.8, 4) is 11.5 Å². The highest BCUT2D eigenvalue weighted by Gasteiger charge is 2.48. The number of carbonyl (C=O) groups excluding carboxylic acids is 1. The van der Waals surface area contributed by atoms with Crippen molar-refractivity contribution >= 4 is 5.78 Å². The quantitative estimate of drug-likeness (QED) is 0.456. The Kier molecular flexibility index (Phi) is 4.90. The van der Waals surface area contributed by atoms with Gasteiger partial charge in [0.05, 0.1) is 12.7 Å². The molecule has 3 aromatic carbocycles. The lowest BCUT2D eigenvalue weighted by molar-refractivity contribution is 0.0949. The minimum absolute atomic E-state index is 0.0745. The van der Waals surface area contributed by atoms with E-state index in [1.165, 1.54) is 0 Å². The van der Waals surface area contributed by atoms with Gasteiger partial charge < -0.3 is 14.2 Å². The third-order valence-corrected chi connectivity index (χ3v) is 4.59. The zero-order valence-corrected chi connectivity index (χ0v) is 15.0. The molecule has 0 aliphatic carbocycles. The Morgan fingerprint density at radius 1 is 0.889 bits per heavy atom. The molecule has 0 amide bonds. The van der Waals surface area contributed by atoms with Crippen LogP contribution in [0.3, 0.4) is 0 Å². The lowest BCUT2D eigenvalue weighted by Crippen LogP contribution is -2.11. The number of carbonyl (C=O) groups is 1. The molecule has 27 heavy (non-hydrogen) atoms. The fourth-order valence-corrected chi connectivity index (χ4v) is 3.13. The Labute approximate surface area is 158 Å². The number of ketones is 1. The summed E-state index contributed by atoms with van der Waals surface area (Å²) in [5, 5.41) is 0. The van der Waals surface area contributed by atoms with Crippen molar-refractivity contribution in [1.82, 2.24) is 0 Å². The normalized spacial score (nSPS) is 18.0. The summed E-state index contributed by atoms with van der Waals surface area (Å²) in [6, 6.07) is 24.8. The van der Waals surface area contributed by atoms with E-state index >= 15 is 0 Å². The molecule has 3 aromatic rings. The van der Waals surface area contributed by atoms with Gasteiger partial charge in [-0.1, -0.05) is 60.7 Å². The van der Waals surface area contributed by atoms with Crippen LogP contribution in [0.2, 0.25) is 0 Å². The number of hydrogen-bond acceptors (Lipinski definition) is 4. The average molecular weight is 360 g/mol. The van der Waals surface area contributed by atoms with E-state index < -0.39 is 6.10 Å². The van der Waals surface area contributed by atoms with E-state index in [0.717, 1.165) is 16.9 Å². The lowest BCUT2D eigenvalue weighted by Gasteiger charge is -2.10. The SMILES string of the molecule is COc1ccccc1[C@H]1O[C@H]1C(=O)c1ccccc1OCc1ccccc1. The topological polar surface area (TPSA) is 48.1 Å². The van der Waals surface area contributed by atoms with Gasteiger partial charge >= 0.3 is 0 Å². The van der Waals surface area contributed by atoms with E-state index in [0.29, 0.717) is 17.9 Å². The van der Waals surface area contributed by atoms with Crippen molar-refractivity contribution < 1.29 is 19.0 Å². The highest BCUT2D eigenvalue weighted by Crippen LogP contribution is 2.45. The number of epoxide rings is 1. The summed E-state index contributed by atoms with van der Waals surface area (Å²) in [5.41, 5.74) is 2.48. The number of ether oxygens (including phenoxy) is 3. The summed E-state index contributed by atoms with van der Waals surface area (Å²) in [7, 11) is 1.62. The maximum Gasteiger partial charge on any atom is 0.198 e. The Morgan fingerprint density at radius 2 is 1.56 bits per heavy atom. The minimum atomic E-state index is -0.511. The number of Topliss-reactive ketones (excluding diaryl/α,β-unsaturated/α-hetero) is 1. The van der Waals surface area contributed by atoms with Gasteiger partial charge in [-0.3, -0.25) is 4.79 Å². The summed E-state index contributed by atoms with van der Waals surface area (Å²) < 4.78 is 17.0. The van der Waals surface area contributed by atoms with Gasteiger partial charge in [-0.25, -0.2) is 0 Å². The number of hydrogen-bond donors (Lipinski definition) is 0. The first-order valence-electron chi connectivity index (χ1n) is 8.86. The van der Waals surface area contributed by atoms with Crippen LogP contribution in [-0.2, 0) is 11.3 Å². The second-order valence-corrected chi connectivity index (χ2v) is 6.35. The van der Waals surface area contributed by atoms with Gasteiger partial charge in [0.25, 0.3) is 0 Å². The largest absolute Gasteiger partial charge is 0.496 e. The molecular formula is C23H20O4. The van der Waals surface area contributed by atoms with Gasteiger partial charge in [0.1, 0.15) is 24.2 Å². The zero-order valence-electron chi connectivity index (χ0n) is 15.0. The molecule has 2 atom stereocenters. The molecule has 0 N–H and O–H groups in total. The van der Waals surface area contributed by atoms with Crippen LogP contribution in [-0.4, -0.2) is 19.0 Å². The van der Waals surface area contributed by atoms with E-state index in [-0.39, 0.29) is 11.9 Å². The number of benzene rings is 3.